The highest BCUT2D eigenvalue weighted by Gasteiger charge is 2.32. The second-order valence-electron chi connectivity index (χ2n) is 4.69. The van der Waals surface area contributed by atoms with Gasteiger partial charge < -0.3 is 10.2 Å². The van der Waals surface area contributed by atoms with E-state index in [9.17, 15) is 4.79 Å². The van der Waals surface area contributed by atoms with E-state index in [1.165, 1.54) is 0 Å². The van der Waals surface area contributed by atoms with Crippen molar-refractivity contribution >= 4 is 27.5 Å². The molecule has 98 valence electrons. The van der Waals surface area contributed by atoms with Gasteiger partial charge >= 0.3 is 0 Å². The number of hydrogen-bond donors (Lipinski definition) is 1. The van der Waals surface area contributed by atoms with E-state index < -0.39 is 0 Å². The average molecular weight is 311 g/mol. The zero-order chi connectivity index (χ0) is 13.1. The van der Waals surface area contributed by atoms with Crippen LogP contribution in [0.2, 0.25) is 0 Å². The molecule has 1 amide bonds. The minimum Gasteiger partial charge on any atom is -0.310 e. The Morgan fingerprint density at radius 2 is 2.28 bits per heavy atom. The third-order valence-corrected chi connectivity index (χ3v) is 4.34. The Kier molecular flexibility index (Phi) is 4.40. The van der Waals surface area contributed by atoms with Crippen LogP contribution in [0.1, 0.15) is 25.3 Å². The third kappa shape index (κ3) is 2.59. The lowest BCUT2D eigenvalue weighted by molar-refractivity contribution is -0.118. The van der Waals surface area contributed by atoms with Crippen molar-refractivity contribution in [2.75, 3.05) is 18.0 Å². The molecule has 1 aliphatic rings. The van der Waals surface area contributed by atoms with Gasteiger partial charge in [0.15, 0.2) is 0 Å². The minimum absolute atomic E-state index is 0.0163. The summed E-state index contributed by atoms with van der Waals surface area (Å²) in [6.07, 6.45) is 1.94. The standard InChI is InChI=1S/C14H19BrN2O/c1-3-8-16-11-7-9-17(14(11)18)12-6-4-5-10(2)13(12)15/h4-6,11,16H,3,7-9H2,1-2H3. The molecule has 1 N–H and O–H groups in total. The Hall–Kier alpha value is -0.870. The van der Waals surface area contributed by atoms with Crippen LogP contribution in [0.15, 0.2) is 22.7 Å². The first kappa shape index (κ1) is 13.6. The van der Waals surface area contributed by atoms with E-state index in [0.29, 0.717) is 0 Å². The van der Waals surface area contributed by atoms with Gasteiger partial charge in [-0.05, 0) is 53.9 Å². The number of nitrogens with one attached hydrogen (secondary N) is 1. The van der Waals surface area contributed by atoms with Crippen LogP contribution >= 0.6 is 15.9 Å². The highest BCUT2D eigenvalue weighted by atomic mass is 79.9. The van der Waals surface area contributed by atoms with Gasteiger partial charge in [0.25, 0.3) is 0 Å². The van der Waals surface area contributed by atoms with Crippen LogP contribution < -0.4 is 10.2 Å². The summed E-state index contributed by atoms with van der Waals surface area (Å²) >= 11 is 3.58. The molecule has 0 bridgehead atoms. The Labute approximate surface area is 117 Å². The number of hydrogen-bond acceptors (Lipinski definition) is 2. The lowest BCUT2D eigenvalue weighted by Gasteiger charge is -2.19. The Morgan fingerprint density at radius 3 is 3.00 bits per heavy atom. The molecule has 1 fully saturated rings. The first-order valence-electron chi connectivity index (χ1n) is 6.45. The van der Waals surface area contributed by atoms with Crippen molar-refractivity contribution in [2.45, 2.75) is 32.7 Å². The smallest absolute Gasteiger partial charge is 0.244 e. The number of amides is 1. The molecule has 18 heavy (non-hydrogen) atoms. The largest absolute Gasteiger partial charge is 0.310 e. The molecule has 1 atom stereocenters. The van der Waals surface area contributed by atoms with Crippen LogP contribution in [-0.4, -0.2) is 25.0 Å². The number of carbonyl (C=O) groups excluding carboxylic acids is 1. The monoisotopic (exact) mass is 310 g/mol. The fourth-order valence-corrected chi connectivity index (χ4v) is 2.75. The summed E-state index contributed by atoms with van der Waals surface area (Å²) in [4.78, 5) is 14.2. The molecule has 1 aromatic carbocycles. The number of aryl methyl sites for hydroxylation is 1. The van der Waals surface area contributed by atoms with Gasteiger partial charge in [0.05, 0.1) is 11.7 Å². The number of anilines is 1. The van der Waals surface area contributed by atoms with Crippen LogP contribution in [0.4, 0.5) is 5.69 Å². The van der Waals surface area contributed by atoms with E-state index in [2.05, 4.69) is 28.2 Å². The molecule has 0 aromatic heterocycles. The van der Waals surface area contributed by atoms with Gasteiger partial charge in [-0.2, -0.15) is 0 Å². The third-order valence-electron chi connectivity index (χ3n) is 3.31. The molecule has 0 aliphatic carbocycles. The molecule has 3 nitrogen and oxygen atoms in total. The van der Waals surface area contributed by atoms with Gasteiger partial charge in [-0.25, -0.2) is 0 Å². The van der Waals surface area contributed by atoms with E-state index in [1.54, 1.807) is 0 Å². The molecule has 0 radical (unpaired) electrons. The summed E-state index contributed by atoms with van der Waals surface area (Å²) in [6.45, 7) is 5.85. The maximum Gasteiger partial charge on any atom is 0.244 e. The van der Waals surface area contributed by atoms with Crippen molar-refractivity contribution in [3.05, 3.63) is 28.2 Å². The molecule has 1 saturated heterocycles. The highest BCUT2D eigenvalue weighted by Crippen LogP contribution is 2.31. The number of halogens is 1. The summed E-state index contributed by atoms with van der Waals surface area (Å²) in [6, 6.07) is 6.02. The SMILES string of the molecule is CCCNC1CCN(c2cccc(C)c2Br)C1=O. The number of nitrogens with zero attached hydrogens (tertiary/aromatic N) is 1. The summed E-state index contributed by atoms with van der Waals surface area (Å²) < 4.78 is 1.02. The highest BCUT2D eigenvalue weighted by molar-refractivity contribution is 9.10. The van der Waals surface area contributed by atoms with Gasteiger partial charge in [0, 0.05) is 11.0 Å². The fourth-order valence-electron chi connectivity index (χ4n) is 2.27. The number of rotatable bonds is 4. The van der Waals surface area contributed by atoms with Gasteiger partial charge in [0.1, 0.15) is 0 Å². The maximum absolute atomic E-state index is 12.3. The quantitative estimate of drug-likeness (QED) is 0.927. The molecule has 2 rings (SSSR count). The van der Waals surface area contributed by atoms with Crippen molar-refractivity contribution in [1.29, 1.82) is 0 Å². The zero-order valence-corrected chi connectivity index (χ0v) is 12.5. The summed E-state index contributed by atoms with van der Waals surface area (Å²) in [5.74, 6) is 0.190. The van der Waals surface area contributed by atoms with Gasteiger partial charge in [-0.3, -0.25) is 4.79 Å². The molecule has 0 spiro atoms. The Balaban J connectivity index is 2.16. The van der Waals surface area contributed by atoms with Crippen molar-refractivity contribution in [3.63, 3.8) is 0 Å². The molecule has 1 aromatic rings. The zero-order valence-electron chi connectivity index (χ0n) is 10.9. The number of benzene rings is 1. The molecule has 4 heteroatoms. The minimum atomic E-state index is -0.0163. The van der Waals surface area contributed by atoms with Crippen molar-refractivity contribution < 1.29 is 4.79 Å². The maximum atomic E-state index is 12.3. The van der Waals surface area contributed by atoms with Crippen molar-refractivity contribution in [2.24, 2.45) is 0 Å². The van der Waals surface area contributed by atoms with Crippen LogP contribution in [0.3, 0.4) is 0 Å². The second kappa shape index (κ2) is 5.85. The van der Waals surface area contributed by atoms with Crippen molar-refractivity contribution in [3.8, 4) is 0 Å². The van der Waals surface area contributed by atoms with E-state index >= 15 is 0 Å². The second-order valence-corrected chi connectivity index (χ2v) is 5.49. The van der Waals surface area contributed by atoms with Gasteiger partial charge in [0.2, 0.25) is 5.91 Å². The summed E-state index contributed by atoms with van der Waals surface area (Å²) in [5, 5.41) is 3.31. The topological polar surface area (TPSA) is 32.3 Å². The molecular weight excluding hydrogens is 292 g/mol. The van der Waals surface area contributed by atoms with E-state index in [-0.39, 0.29) is 11.9 Å². The van der Waals surface area contributed by atoms with E-state index in [4.69, 9.17) is 0 Å². The average Bonchev–Trinajstić information content (AvgIpc) is 2.72. The van der Waals surface area contributed by atoms with Crippen LogP contribution in [0.5, 0.6) is 0 Å². The lowest BCUT2D eigenvalue weighted by atomic mass is 10.2. The van der Waals surface area contributed by atoms with Crippen molar-refractivity contribution in [1.82, 2.24) is 5.32 Å². The first-order valence-corrected chi connectivity index (χ1v) is 7.24. The fraction of sp³-hybridized carbons (Fsp3) is 0.500. The van der Waals surface area contributed by atoms with Crippen LogP contribution in [-0.2, 0) is 4.79 Å². The molecule has 1 aliphatic heterocycles. The van der Waals surface area contributed by atoms with Gasteiger partial charge in [-0.1, -0.05) is 19.1 Å². The summed E-state index contributed by atoms with van der Waals surface area (Å²) in [5.41, 5.74) is 2.14. The van der Waals surface area contributed by atoms with Crippen LogP contribution in [0, 0.1) is 6.92 Å². The molecular formula is C14H19BrN2O. The lowest BCUT2D eigenvalue weighted by Crippen LogP contribution is -2.38. The molecule has 0 saturated carbocycles. The Morgan fingerprint density at radius 1 is 1.50 bits per heavy atom. The first-order chi connectivity index (χ1) is 8.65. The summed E-state index contributed by atoms with van der Waals surface area (Å²) in [7, 11) is 0. The normalized spacial score (nSPS) is 19.6. The Bertz CT molecular complexity index is 447. The molecule has 1 unspecified atom stereocenters. The van der Waals surface area contributed by atoms with Gasteiger partial charge in [-0.15, -0.1) is 0 Å². The van der Waals surface area contributed by atoms with E-state index in [1.807, 2.05) is 30.0 Å². The molecule has 1 heterocycles. The van der Waals surface area contributed by atoms with E-state index in [0.717, 1.165) is 41.7 Å². The van der Waals surface area contributed by atoms with Crippen LogP contribution in [0.25, 0.3) is 0 Å². The number of carbonyl (C=O) groups is 1. The predicted molar refractivity (Wildman–Crippen MR) is 77.9 cm³/mol. The predicted octanol–water partition coefficient (Wildman–Crippen LogP) is 2.86.